The molecule has 2 heterocycles. The lowest BCUT2D eigenvalue weighted by Gasteiger charge is -2.09. The molecule has 0 amide bonds. The fourth-order valence-corrected chi connectivity index (χ4v) is 6.81. The van der Waals surface area contributed by atoms with Crippen LogP contribution in [0.4, 0.5) is 0 Å². The summed E-state index contributed by atoms with van der Waals surface area (Å²) in [5, 5.41) is 0. The zero-order valence-electron chi connectivity index (χ0n) is 30.7. The van der Waals surface area contributed by atoms with Crippen LogP contribution in [0.1, 0.15) is 0 Å². The van der Waals surface area contributed by atoms with Gasteiger partial charge in [0.25, 0.3) is 0 Å². The van der Waals surface area contributed by atoms with E-state index in [1.165, 1.54) is 19.5 Å². The first-order valence-electron chi connectivity index (χ1n) is 17.9. The zero-order valence-corrected chi connectivity index (χ0v) is 32.3. The fraction of sp³-hybridized carbons (Fsp3) is 0.429. The molecule has 54 heavy (non-hydrogen) atoms. The molecule has 0 aliphatic rings. The third-order valence-corrected chi connectivity index (χ3v) is 9.79. The molecule has 0 atom stereocenters. The highest BCUT2D eigenvalue weighted by atomic mass is 32.1. The van der Waals surface area contributed by atoms with Crippen molar-refractivity contribution in [1.29, 1.82) is 0 Å². The molecule has 12 heteroatoms. The molecule has 0 saturated heterocycles. The van der Waals surface area contributed by atoms with E-state index in [0.717, 1.165) is 22.6 Å². The quantitative estimate of drug-likeness (QED) is 0.0394. The summed E-state index contributed by atoms with van der Waals surface area (Å²) in [4.78, 5) is 4.89. The minimum absolute atomic E-state index is 0.305. The van der Waals surface area contributed by atoms with E-state index in [1.54, 1.807) is 22.7 Å². The van der Waals surface area contributed by atoms with E-state index in [0.29, 0.717) is 119 Å². The first-order chi connectivity index (χ1) is 26.8. The van der Waals surface area contributed by atoms with Crippen LogP contribution >= 0.6 is 22.7 Å². The molecule has 0 saturated carbocycles. The third-order valence-electron chi connectivity index (χ3n) is 7.33. The lowest BCUT2D eigenvalue weighted by atomic mass is 10.2. The molecule has 290 valence electrons. The van der Waals surface area contributed by atoms with Crippen molar-refractivity contribution in [3.05, 3.63) is 72.8 Å². The molecular weight excluding hydrogens is 729 g/mol. The van der Waals surface area contributed by atoms with Gasteiger partial charge in [-0.2, -0.15) is 0 Å². The molecule has 0 aliphatic heterocycles. The van der Waals surface area contributed by atoms with Crippen LogP contribution in [0.15, 0.2) is 72.8 Å². The van der Waals surface area contributed by atoms with Crippen molar-refractivity contribution in [3.8, 4) is 66.8 Å². The number of hydrogen-bond acceptors (Lipinski definition) is 12. The van der Waals surface area contributed by atoms with E-state index in [1.807, 2.05) is 24.3 Å². The van der Waals surface area contributed by atoms with Gasteiger partial charge < -0.3 is 47.4 Å². The summed E-state index contributed by atoms with van der Waals surface area (Å²) < 4.78 is 54.9. The Bertz CT molecular complexity index is 1500. The van der Waals surface area contributed by atoms with E-state index >= 15 is 0 Å². The van der Waals surface area contributed by atoms with Crippen molar-refractivity contribution in [2.75, 3.05) is 119 Å². The second-order valence-corrected chi connectivity index (χ2v) is 13.4. The van der Waals surface area contributed by atoms with E-state index in [4.69, 9.17) is 60.2 Å². The smallest absolute Gasteiger partial charge is 0.119 e. The molecule has 4 aromatic rings. The summed E-state index contributed by atoms with van der Waals surface area (Å²) in [6.45, 7) is 8.54. The van der Waals surface area contributed by atoms with Gasteiger partial charge in [-0.1, -0.05) is 11.8 Å². The molecule has 2 aromatic carbocycles. The maximum atomic E-state index is 5.85. The standard InChI is InChI=1S/C42H50O10S2/c1-3-17-43-19-21-45-23-25-47-27-29-49-31-33-51-37-9-5-35(6-10-37)39-13-15-41(53-39)42-16-14-40(54-42)36-7-11-38(12-8-36)52-34-32-50-30-28-48-26-24-46-22-20-44-18-4-2/h1-2,5-16H,17-34H2. The van der Waals surface area contributed by atoms with Gasteiger partial charge >= 0.3 is 0 Å². The van der Waals surface area contributed by atoms with Crippen molar-refractivity contribution in [2.24, 2.45) is 0 Å². The second kappa shape index (κ2) is 27.8. The van der Waals surface area contributed by atoms with E-state index in [9.17, 15) is 0 Å². The van der Waals surface area contributed by atoms with Gasteiger partial charge in [0.1, 0.15) is 37.9 Å². The van der Waals surface area contributed by atoms with Crippen LogP contribution in [0.2, 0.25) is 0 Å². The highest BCUT2D eigenvalue weighted by Crippen LogP contribution is 2.40. The highest BCUT2D eigenvalue weighted by Gasteiger charge is 2.10. The fourth-order valence-electron chi connectivity index (χ4n) is 4.70. The van der Waals surface area contributed by atoms with E-state index in [2.05, 4.69) is 60.4 Å². The largest absolute Gasteiger partial charge is 0.491 e. The molecule has 0 spiro atoms. The average molecular weight is 779 g/mol. The van der Waals surface area contributed by atoms with Gasteiger partial charge in [-0.25, -0.2) is 0 Å². The van der Waals surface area contributed by atoms with E-state index in [-0.39, 0.29) is 0 Å². The molecule has 0 N–H and O–H groups in total. The molecule has 0 unspecified atom stereocenters. The Hall–Kier alpha value is -3.76. The molecule has 0 bridgehead atoms. The van der Waals surface area contributed by atoms with Crippen LogP contribution in [0.3, 0.4) is 0 Å². The monoisotopic (exact) mass is 778 g/mol. The third kappa shape index (κ3) is 17.6. The predicted molar refractivity (Wildman–Crippen MR) is 214 cm³/mol. The molecule has 10 nitrogen and oxygen atoms in total. The number of terminal acetylenes is 2. The minimum Gasteiger partial charge on any atom is -0.491 e. The SMILES string of the molecule is C#CCOCCOCCOCCOCCOc1ccc(-c2ccc(-c3ccc(-c4ccc(OCCOCCOCCOCCOCC#C)cc4)s3)s2)cc1. The molecular formula is C42H50O10S2. The van der Waals surface area contributed by atoms with Gasteiger partial charge in [-0.15, -0.1) is 35.5 Å². The van der Waals surface area contributed by atoms with Gasteiger partial charge in [0, 0.05) is 19.5 Å². The Balaban J connectivity index is 1.05. The summed E-state index contributed by atoms with van der Waals surface area (Å²) in [6.07, 6.45) is 10.2. The molecule has 0 fully saturated rings. The molecule has 2 aromatic heterocycles. The lowest BCUT2D eigenvalue weighted by molar-refractivity contribution is -0.00187. The highest BCUT2D eigenvalue weighted by molar-refractivity contribution is 7.25. The van der Waals surface area contributed by atoms with Crippen molar-refractivity contribution < 1.29 is 47.4 Å². The predicted octanol–water partition coefficient (Wildman–Crippen LogP) is 6.97. The van der Waals surface area contributed by atoms with Gasteiger partial charge in [-0.3, -0.25) is 0 Å². The summed E-state index contributed by atoms with van der Waals surface area (Å²) in [6, 6.07) is 25.1. The maximum Gasteiger partial charge on any atom is 0.119 e. The number of benzene rings is 2. The van der Waals surface area contributed by atoms with Crippen LogP contribution in [0.25, 0.3) is 30.6 Å². The van der Waals surface area contributed by atoms with Gasteiger partial charge in [0.2, 0.25) is 0 Å². The van der Waals surface area contributed by atoms with Crippen LogP contribution < -0.4 is 9.47 Å². The zero-order chi connectivity index (χ0) is 37.7. The lowest BCUT2D eigenvalue weighted by Crippen LogP contribution is -2.13. The maximum absolute atomic E-state index is 5.85. The van der Waals surface area contributed by atoms with Crippen molar-refractivity contribution in [1.82, 2.24) is 0 Å². The average Bonchev–Trinajstić information content (AvgIpc) is 3.90. The Morgan fingerprint density at radius 2 is 0.611 bits per heavy atom. The van der Waals surface area contributed by atoms with Crippen molar-refractivity contribution >= 4 is 22.7 Å². The first kappa shape index (κ1) is 43.0. The van der Waals surface area contributed by atoms with Crippen LogP contribution in [0, 0.1) is 24.7 Å². The number of thiophene rings is 2. The molecule has 0 radical (unpaired) electrons. The van der Waals surface area contributed by atoms with E-state index < -0.39 is 0 Å². The van der Waals surface area contributed by atoms with Crippen molar-refractivity contribution in [3.63, 3.8) is 0 Å². The Morgan fingerprint density at radius 1 is 0.333 bits per heavy atom. The van der Waals surface area contributed by atoms with Crippen molar-refractivity contribution in [2.45, 2.75) is 0 Å². The number of rotatable bonds is 31. The Labute approximate surface area is 327 Å². The Morgan fingerprint density at radius 3 is 0.926 bits per heavy atom. The Kier molecular flexibility index (Phi) is 22.1. The summed E-state index contributed by atoms with van der Waals surface area (Å²) in [5.74, 6) is 6.45. The summed E-state index contributed by atoms with van der Waals surface area (Å²) in [7, 11) is 0. The van der Waals surface area contributed by atoms with Gasteiger partial charge in [0.05, 0.1) is 92.5 Å². The van der Waals surface area contributed by atoms with Gasteiger partial charge in [0.15, 0.2) is 0 Å². The van der Waals surface area contributed by atoms with Gasteiger partial charge in [-0.05, 0) is 83.9 Å². The first-order valence-corrected chi connectivity index (χ1v) is 19.6. The van der Waals surface area contributed by atoms with Crippen LogP contribution in [0.5, 0.6) is 11.5 Å². The molecule has 0 aliphatic carbocycles. The van der Waals surface area contributed by atoms with Crippen LogP contribution in [-0.4, -0.2) is 119 Å². The van der Waals surface area contributed by atoms with Crippen LogP contribution in [-0.2, 0) is 37.9 Å². The molecule has 4 rings (SSSR count). The number of ether oxygens (including phenoxy) is 10. The summed E-state index contributed by atoms with van der Waals surface area (Å²) >= 11 is 3.56. The second-order valence-electron chi connectivity index (χ2n) is 11.3. The minimum atomic E-state index is 0.305. The summed E-state index contributed by atoms with van der Waals surface area (Å²) in [5.41, 5.74) is 2.31. The topological polar surface area (TPSA) is 92.3 Å². The number of hydrogen-bond donors (Lipinski definition) is 0. The normalized spacial score (nSPS) is 11.0.